The molecule has 0 spiro atoms. The van der Waals surface area contributed by atoms with Crippen molar-refractivity contribution in [2.45, 2.75) is 13.1 Å². The molecule has 0 atom stereocenters. The largest absolute Gasteiger partial charge is 0.418 e. The first-order valence-corrected chi connectivity index (χ1v) is 7.80. The Labute approximate surface area is 155 Å². The maximum absolute atomic E-state index is 13.1. The molecule has 11 heteroatoms. The van der Waals surface area contributed by atoms with E-state index in [1.807, 2.05) is 0 Å². The van der Waals surface area contributed by atoms with Crippen molar-refractivity contribution in [3.63, 3.8) is 0 Å². The molecule has 2 heterocycles. The lowest BCUT2D eigenvalue weighted by atomic mass is 10.1. The summed E-state index contributed by atoms with van der Waals surface area (Å²) in [6, 6.07) is 4.81. The quantitative estimate of drug-likeness (QED) is 0.676. The number of nitrogens with zero attached hydrogens (tertiary/aromatic N) is 3. The molecule has 0 radical (unpaired) electrons. The standard InChI is InChI=1S/C16H11ClF3N5O2/c1-8-4-13(25-27-8)24-15(26)12-6-22-14(7-21-12)23-11-3-2-9(17)5-10(11)16(18,19)20/h2-7H,1H3,(H,22,23)(H,24,25,26). The van der Waals surface area contributed by atoms with Crippen molar-refractivity contribution in [2.75, 3.05) is 10.6 Å². The van der Waals surface area contributed by atoms with Gasteiger partial charge in [-0.15, -0.1) is 0 Å². The van der Waals surface area contributed by atoms with Gasteiger partial charge in [0.15, 0.2) is 5.82 Å². The lowest BCUT2D eigenvalue weighted by Crippen LogP contribution is -2.14. The minimum atomic E-state index is -4.60. The summed E-state index contributed by atoms with van der Waals surface area (Å²) in [6.07, 6.45) is -2.35. The highest BCUT2D eigenvalue weighted by molar-refractivity contribution is 6.30. The summed E-state index contributed by atoms with van der Waals surface area (Å²) in [5.74, 6) is 0.151. The van der Waals surface area contributed by atoms with E-state index in [0.717, 1.165) is 18.5 Å². The Balaban J connectivity index is 1.76. The molecule has 3 rings (SSSR count). The maximum Gasteiger partial charge on any atom is 0.418 e. The van der Waals surface area contributed by atoms with Crippen LogP contribution in [0.25, 0.3) is 0 Å². The molecule has 7 nitrogen and oxygen atoms in total. The lowest BCUT2D eigenvalue weighted by Gasteiger charge is -2.14. The van der Waals surface area contributed by atoms with Crippen molar-refractivity contribution in [3.8, 4) is 0 Å². The van der Waals surface area contributed by atoms with Crippen molar-refractivity contribution < 1.29 is 22.5 Å². The van der Waals surface area contributed by atoms with Gasteiger partial charge in [0, 0.05) is 11.1 Å². The summed E-state index contributed by atoms with van der Waals surface area (Å²) in [4.78, 5) is 19.8. The monoisotopic (exact) mass is 397 g/mol. The smallest absolute Gasteiger partial charge is 0.360 e. The third-order valence-electron chi connectivity index (χ3n) is 3.30. The summed E-state index contributed by atoms with van der Waals surface area (Å²) in [5, 5.41) is 8.53. The zero-order valence-corrected chi connectivity index (χ0v) is 14.4. The topological polar surface area (TPSA) is 92.9 Å². The second kappa shape index (κ2) is 7.23. The van der Waals surface area contributed by atoms with Crippen LogP contribution in [0.5, 0.6) is 0 Å². The van der Waals surface area contributed by atoms with E-state index >= 15 is 0 Å². The van der Waals surface area contributed by atoms with E-state index in [1.54, 1.807) is 6.92 Å². The second-order valence-electron chi connectivity index (χ2n) is 5.38. The fourth-order valence-electron chi connectivity index (χ4n) is 2.11. The molecule has 27 heavy (non-hydrogen) atoms. The van der Waals surface area contributed by atoms with E-state index < -0.39 is 17.6 Å². The summed E-state index contributed by atoms with van der Waals surface area (Å²) < 4.78 is 44.1. The first kappa shape index (κ1) is 18.6. The minimum absolute atomic E-state index is 0.0247. The number of anilines is 3. The van der Waals surface area contributed by atoms with Crippen LogP contribution in [0.2, 0.25) is 5.02 Å². The van der Waals surface area contributed by atoms with Crippen LogP contribution in [0.3, 0.4) is 0 Å². The Morgan fingerprint density at radius 3 is 2.52 bits per heavy atom. The number of amides is 1. The number of hydrogen-bond donors (Lipinski definition) is 2. The van der Waals surface area contributed by atoms with E-state index in [-0.39, 0.29) is 28.0 Å². The summed E-state index contributed by atoms with van der Waals surface area (Å²) >= 11 is 5.64. The Bertz CT molecular complexity index is 973. The van der Waals surface area contributed by atoms with Crippen LogP contribution >= 0.6 is 11.6 Å². The van der Waals surface area contributed by atoms with Crippen LogP contribution in [0, 0.1) is 6.92 Å². The first-order chi connectivity index (χ1) is 12.7. The molecule has 0 aliphatic rings. The van der Waals surface area contributed by atoms with Crippen LogP contribution < -0.4 is 10.6 Å². The van der Waals surface area contributed by atoms with Gasteiger partial charge in [-0.3, -0.25) is 4.79 Å². The molecule has 140 valence electrons. The molecule has 0 bridgehead atoms. The van der Waals surface area contributed by atoms with Gasteiger partial charge in [0.05, 0.1) is 23.6 Å². The molecule has 2 N–H and O–H groups in total. The molecular formula is C16H11ClF3N5O2. The molecule has 1 aromatic carbocycles. The van der Waals surface area contributed by atoms with E-state index in [0.29, 0.717) is 5.76 Å². The SMILES string of the molecule is Cc1cc(NC(=O)c2cnc(Nc3ccc(Cl)cc3C(F)(F)F)cn2)no1. The van der Waals surface area contributed by atoms with Crippen molar-refractivity contribution in [3.05, 3.63) is 58.7 Å². The highest BCUT2D eigenvalue weighted by Gasteiger charge is 2.34. The fraction of sp³-hybridized carbons (Fsp3) is 0.125. The number of aromatic nitrogens is 3. The number of alkyl halides is 3. The molecule has 0 aliphatic heterocycles. The normalized spacial score (nSPS) is 11.3. The van der Waals surface area contributed by atoms with Gasteiger partial charge in [0.25, 0.3) is 5.91 Å². The highest BCUT2D eigenvalue weighted by atomic mass is 35.5. The van der Waals surface area contributed by atoms with Gasteiger partial charge in [-0.1, -0.05) is 16.8 Å². The number of nitrogens with one attached hydrogen (secondary N) is 2. The second-order valence-corrected chi connectivity index (χ2v) is 5.81. The van der Waals surface area contributed by atoms with Gasteiger partial charge in [-0.2, -0.15) is 13.2 Å². The van der Waals surface area contributed by atoms with Gasteiger partial charge in [0.2, 0.25) is 0 Å². The van der Waals surface area contributed by atoms with Crippen LogP contribution in [0.1, 0.15) is 21.8 Å². The average molecular weight is 398 g/mol. The summed E-state index contributed by atoms with van der Waals surface area (Å²) in [5.41, 5.74) is -1.23. The van der Waals surface area contributed by atoms with Crippen molar-refractivity contribution in [2.24, 2.45) is 0 Å². The van der Waals surface area contributed by atoms with Crippen molar-refractivity contribution in [1.82, 2.24) is 15.1 Å². The Kier molecular flexibility index (Phi) is 5.00. The van der Waals surface area contributed by atoms with Crippen LogP contribution in [-0.4, -0.2) is 21.0 Å². The number of aryl methyl sites for hydroxylation is 1. The molecule has 3 aromatic rings. The van der Waals surface area contributed by atoms with Crippen LogP contribution in [0.4, 0.5) is 30.5 Å². The zero-order chi connectivity index (χ0) is 19.6. The number of carbonyl (C=O) groups is 1. The Hall–Kier alpha value is -3.14. The molecule has 1 amide bonds. The van der Waals surface area contributed by atoms with Crippen LogP contribution in [-0.2, 0) is 6.18 Å². The number of halogens is 4. The third kappa shape index (κ3) is 4.53. The Morgan fingerprint density at radius 2 is 1.93 bits per heavy atom. The molecular weight excluding hydrogens is 387 g/mol. The molecule has 0 saturated heterocycles. The number of carbonyl (C=O) groups excluding carboxylic acids is 1. The van der Waals surface area contributed by atoms with Crippen LogP contribution in [0.15, 0.2) is 41.2 Å². The maximum atomic E-state index is 13.1. The summed E-state index contributed by atoms with van der Waals surface area (Å²) in [6.45, 7) is 1.66. The van der Waals surface area contributed by atoms with Gasteiger partial charge >= 0.3 is 6.18 Å². The average Bonchev–Trinajstić information content (AvgIpc) is 3.01. The predicted octanol–water partition coefficient (Wildman–Crippen LogP) is 4.44. The van der Waals surface area contributed by atoms with E-state index in [2.05, 4.69) is 25.8 Å². The van der Waals surface area contributed by atoms with Gasteiger partial charge < -0.3 is 15.2 Å². The zero-order valence-electron chi connectivity index (χ0n) is 13.6. The minimum Gasteiger partial charge on any atom is -0.360 e. The van der Waals surface area contributed by atoms with E-state index in [9.17, 15) is 18.0 Å². The molecule has 2 aromatic heterocycles. The molecule has 0 saturated carbocycles. The molecule has 0 aliphatic carbocycles. The number of rotatable bonds is 4. The molecule has 0 unspecified atom stereocenters. The van der Waals surface area contributed by atoms with E-state index in [1.165, 1.54) is 18.2 Å². The lowest BCUT2D eigenvalue weighted by molar-refractivity contribution is -0.136. The predicted molar refractivity (Wildman–Crippen MR) is 91.0 cm³/mol. The first-order valence-electron chi connectivity index (χ1n) is 7.43. The fourth-order valence-corrected chi connectivity index (χ4v) is 2.29. The van der Waals surface area contributed by atoms with E-state index in [4.69, 9.17) is 16.1 Å². The highest BCUT2D eigenvalue weighted by Crippen LogP contribution is 2.37. The number of benzene rings is 1. The van der Waals surface area contributed by atoms with Gasteiger partial charge in [-0.05, 0) is 25.1 Å². The Morgan fingerprint density at radius 1 is 1.15 bits per heavy atom. The third-order valence-corrected chi connectivity index (χ3v) is 3.54. The van der Waals surface area contributed by atoms with Gasteiger partial charge in [0.1, 0.15) is 17.3 Å². The van der Waals surface area contributed by atoms with Crippen molar-refractivity contribution in [1.29, 1.82) is 0 Å². The number of hydrogen-bond acceptors (Lipinski definition) is 6. The summed E-state index contributed by atoms with van der Waals surface area (Å²) in [7, 11) is 0. The van der Waals surface area contributed by atoms with Crippen molar-refractivity contribution >= 4 is 34.8 Å². The molecule has 0 fully saturated rings. The van der Waals surface area contributed by atoms with Gasteiger partial charge in [-0.25, -0.2) is 9.97 Å².